The van der Waals surface area contributed by atoms with Gasteiger partial charge in [-0.2, -0.15) is 0 Å². The first-order valence-corrected chi connectivity index (χ1v) is 5.93. The summed E-state index contributed by atoms with van der Waals surface area (Å²) in [4.78, 5) is 13.9. The first-order valence-electron chi connectivity index (χ1n) is 5.93. The molecule has 0 aromatic carbocycles. The molecule has 3 nitrogen and oxygen atoms in total. The van der Waals surface area contributed by atoms with Gasteiger partial charge < -0.3 is 10.2 Å². The van der Waals surface area contributed by atoms with Crippen molar-refractivity contribution in [2.75, 3.05) is 20.6 Å². The van der Waals surface area contributed by atoms with E-state index in [1.807, 2.05) is 14.1 Å². The molecule has 1 aliphatic carbocycles. The molecule has 0 aromatic heterocycles. The zero-order valence-electron chi connectivity index (χ0n) is 10.5. The lowest BCUT2D eigenvalue weighted by Gasteiger charge is -2.31. The Morgan fingerprint density at radius 3 is 2.27 bits per heavy atom. The summed E-state index contributed by atoms with van der Waals surface area (Å²) in [6.45, 7) is 5.09. The molecule has 1 aliphatic rings. The third-order valence-electron chi connectivity index (χ3n) is 3.27. The van der Waals surface area contributed by atoms with Crippen LogP contribution in [0.4, 0.5) is 0 Å². The van der Waals surface area contributed by atoms with Gasteiger partial charge in [0.2, 0.25) is 5.91 Å². The van der Waals surface area contributed by atoms with Gasteiger partial charge in [-0.15, -0.1) is 0 Å². The molecule has 88 valence electrons. The predicted molar refractivity (Wildman–Crippen MR) is 62.7 cm³/mol. The van der Waals surface area contributed by atoms with E-state index in [0.717, 1.165) is 19.4 Å². The highest BCUT2D eigenvalue weighted by Gasteiger charge is 2.41. The summed E-state index contributed by atoms with van der Waals surface area (Å²) >= 11 is 0. The maximum atomic E-state index is 12.2. The van der Waals surface area contributed by atoms with Crippen LogP contribution in [0.3, 0.4) is 0 Å². The van der Waals surface area contributed by atoms with Gasteiger partial charge in [0, 0.05) is 26.7 Å². The van der Waals surface area contributed by atoms with Gasteiger partial charge in [0.1, 0.15) is 0 Å². The molecule has 1 N–H and O–H groups in total. The van der Waals surface area contributed by atoms with Crippen LogP contribution in [0.5, 0.6) is 0 Å². The van der Waals surface area contributed by atoms with Crippen molar-refractivity contribution < 1.29 is 4.79 Å². The molecule has 0 unspecified atom stereocenters. The minimum absolute atomic E-state index is 0.117. The van der Waals surface area contributed by atoms with Crippen LogP contribution in [0.1, 0.15) is 39.5 Å². The van der Waals surface area contributed by atoms with E-state index >= 15 is 0 Å². The molecule has 1 fully saturated rings. The number of carbonyl (C=O) groups excluding carboxylic acids is 1. The maximum absolute atomic E-state index is 12.2. The normalized spacial score (nSPS) is 19.5. The zero-order chi connectivity index (χ0) is 11.5. The summed E-state index contributed by atoms with van der Waals surface area (Å²) in [6.07, 6.45) is 4.48. The SMILES string of the molecule is CC(C)NCC1(C(=O)N(C)C)CCCC1. The predicted octanol–water partition coefficient (Wildman–Crippen LogP) is 1.63. The average molecular weight is 212 g/mol. The van der Waals surface area contributed by atoms with Gasteiger partial charge in [-0.3, -0.25) is 4.79 Å². The van der Waals surface area contributed by atoms with Crippen LogP contribution < -0.4 is 5.32 Å². The van der Waals surface area contributed by atoms with Crippen molar-refractivity contribution in [3.8, 4) is 0 Å². The Hall–Kier alpha value is -0.570. The Balaban J connectivity index is 2.66. The van der Waals surface area contributed by atoms with Crippen molar-refractivity contribution >= 4 is 5.91 Å². The summed E-state index contributed by atoms with van der Waals surface area (Å²) < 4.78 is 0. The lowest BCUT2D eigenvalue weighted by atomic mass is 9.84. The Bertz CT molecular complexity index is 218. The average Bonchev–Trinajstić information content (AvgIpc) is 2.63. The molecule has 0 radical (unpaired) electrons. The molecule has 0 aliphatic heterocycles. The third-order valence-corrected chi connectivity index (χ3v) is 3.27. The van der Waals surface area contributed by atoms with Crippen LogP contribution in [0, 0.1) is 5.41 Å². The number of nitrogens with zero attached hydrogens (tertiary/aromatic N) is 1. The quantitative estimate of drug-likeness (QED) is 0.768. The minimum atomic E-state index is -0.117. The molecule has 3 heteroatoms. The van der Waals surface area contributed by atoms with E-state index in [0.29, 0.717) is 11.9 Å². The van der Waals surface area contributed by atoms with Crippen LogP contribution in [-0.4, -0.2) is 37.5 Å². The summed E-state index contributed by atoms with van der Waals surface area (Å²) in [5, 5.41) is 3.42. The summed E-state index contributed by atoms with van der Waals surface area (Å²) in [6, 6.07) is 0.456. The molecule has 1 saturated carbocycles. The van der Waals surface area contributed by atoms with E-state index in [-0.39, 0.29) is 5.41 Å². The molecular formula is C12H24N2O. The molecule has 0 heterocycles. The molecule has 15 heavy (non-hydrogen) atoms. The van der Waals surface area contributed by atoms with Crippen molar-refractivity contribution in [1.29, 1.82) is 0 Å². The highest BCUT2D eigenvalue weighted by atomic mass is 16.2. The van der Waals surface area contributed by atoms with E-state index in [4.69, 9.17) is 0 Å². The van der Waals surface area contributed by atoms with Crippen LogP contribution >= 0.6 is 0 Å². The molecule has 0 saturated heterocycles. The fourth-order valence-corrected chi connectivity index (χ4v) is 2.39. The van der Waals surface area contributed by atoms with Crippen LogP contribution in [-0.2, 0) is 4.79 Å². The number of amides is 1. The van der Waals surface area contributed by atoms with Crippen LogP contribution in [0.2, 0.25) is 0 Å². The smallest absolute Gasteiger partial charge is 0.229 e. The lowest BCUT2D eigenvalue weighted by Crippen LogP contribution is -2.46. The number of rotatable bonds is 4. The van der Waals surface area contributed by atoms with Crippen molar-refractivity contribution in [1.82, 2.24) is 10.2 Å². The van der Waals surface area contributed by atoms with Crippen molar-refractivity contribution in [2.45, 2.75) is 45.6 Å². The van der Waals surface area contributed by atoms with Gasteiger partial charge in [0.05, 0.1) is 5.41 Å². The summed E-state index contributed by atoms with van der Waals surface area (Å²) in [5.41, 5.74) is -0.117. The van der Waals surface area contributed by atoms with Gasteiger partial charge in [-0.1, -0.05) is 26.7 Å². The van der Waals surface area contributed by atoms with Gasteiger partial charge in [-0.25, -0.2) is 0 Å². The number of nitrogens with one attached hydrogen (secondary N) is 1. The standard InChI is InChI=1S/C12H24N2O/c1-10(2)13-9-12(7-5-6-8-12)11(15)14(3)4/h10,13H,5-9H2,1-4H3. The molecule has 1 amide bonds. The summed E-state index contributed by atoms with van der Waals surface area (Å²) in [5.74, 6) is 0.299. The Labute approximate surface area is 93.2 Å². The molecule has 0 aromatic rings. The lowest BCUT2D eigenvalue weighted by molar-refractivity contribution is -0.139. The molecule has 1 rings (SSSR count). The van der Waals surface area contributed by atoms with Crippen molar-refractivity contribution in [3.05, 3.63) is 0 Å². The maximum Gasteiger partial charge on any atom is 0.229 e. The van der Waals surface area contributed by atoms with E-state index < -0.39 is 0 Å². The van der Waals surface area contributed by atoms with Crippen LogP contribution in [0.15, 0.2) is 0 Å². The number of hydrogen-bond donors (Lipinski definition) is 1. The molecular weight excluding hydrogens is 188 g/mol. The summed E-state index contributed by atoms with van der Waals surface area (Å²) in [7, 11) is 3.72. The fraction of sp³-hybridized carbons (Fsp3) is 0.917. The van der Waals surface area contributed by atoms with Gasteiger partial charge in [0.25, 0.3) is 0 Å². The minimum Gasteiger partial charge on any atom is -0.348 e. The van der Waals surface area contributed by atoms with Crippen LogP contribution in [0.25, 0.3) is 0 Å². The first kappa shape index (κ1) is 12.5. The van der Waals surface area contributed by atoms with E-state index in [1.165, 1.54) is 12.8 Å². The van der Waals surface area contributed by atoms with E-state index in [1.54, 1.807) is 4.90 Å². The molecule has 0 bridgehead atoms. The molecule has 0 atom stereocenters. The highest BCUT2D eigenvalue weighted by Crippen LogP contribution is 2.38. The Kier molecular flexibility index (Phi) is 4.14. The second kappa shape index (κ2) is 4.97. The Morgan fingerprint density at radius 2 is 1.87 bits per heavy atom. The molecule has 0 spiro atoms. The van der Waals surface area contributed by atoms with Gasteiger partial charge in [0.15, 0.2) is 0 Å². The van der Waals surface area contributed by atoms with Crippen molar-refractivity contribution in [3.63, 3.8) is 0 Å². The second-order valence-electron chi connectivity index (χ2n) is 5.22. The fourth-order valence-electron chi connectivity index (χ4n) is 2.39. The Morgan fingerprint density at radius 1 is 1.33 bits per heavy atom. The van der Waals surface area contributed by atoms with Gasteiger partial charge >= 0.3 is 0 Å². The van der Waals surface area contributed by atoms with Gasteiger partial charge in [-0.05, 0) is 12.8 Å². The first-order chi connectivity index (χ1) is 6.98. The zero-order valence-corrected chi connectivity index (χ0v) is 10.5. The third kappa shape index (κ3) is 2.94. The second-order valence-corrected chi connectivity index (χ2v) is 5.22. The number of hydrogen-bond acceptors (Lipinski definition) is 2. The topological polar surface area (TPSA) is 32.3 Å². The van der Waals surface area contributed by atoms with E-state index in [2.05, 4.69) is 19.2 Å². The highest BCUT2D eigenvalue weighted by molar-refractivity contribution is 5.82. The van der Waals surface area contributed by atoms with E-state index in [9.17, 15) is 4.79 Å². The van der Waals surface area contributed by atoms with Crippen molar-refractivity contribution in [2.24, 2.45) is 5.41 Å². The monoisotopic (exact) mass is 212 g/mol. The number of carbonyl (C=O) groups is 1. The largest absolute Gasteiger partial charge is 0.348 e.